The molecule has 0 radical (unpaired) electrons. The van der Waals surface area contributed by atoms with Crippen LogP contribution in [0.15, 0.2) is 18.2 Å². The molecule has 0 bridgehead atoms. The van der Waals surface area contributed by atoms with Crippen molar-refractivity contribution in [2.45, 2.75) is 27.3 Å². The number of hydrogen-bond donors (Lipinski definition) is 1. The highest BCUT2D eigenvalue weighted by Crippen LogP contribution is 2.12. The average Bonchev–Trinajstić information content (AvgIpc) is 2.24. The molecular weight excluding hydrogens is 196 g/mol. The molecule has 0 saturated carbocycles. The van der Waals surface area contributed by atoms with Gasteiger partial charge in [-0.05, 0) is 38.6 Å². The van der Waals surface area contributed by atoms with Crippen LogP contribution < -0.4 is 5.32 Å². The lowest BCUT2D eigenvalue weighted by molar-refractivity contribution is 0.325. The highest BCUT2D eigenvalue weighted by Gasteiger charge is 2.03. The Balaban J connectivity index is 2.48. The summed E-state index contributed by atoms with van der Waals surface area (Å²) in [7, 11) is 2.18. The van der Waals surface area contributed by atoms with Gasteiger partial charge < -0.3 is 10.2 Å². The fraction of sp³-hybridized carbons (Fsp3) is 0.571. The summed E-state index contributed by atoms with van der Waals surface area (Å²) in [6, 6.07) is 6.68. The van der Waals surface area contributed by atoms with Crippen molar-refractivity contribution in [2.75, 3.05) is 26.7 Å². The summed E-state index contributed by atoms with van der Waals surface area (Å²) in [4.78, 5) is 2.37. The van der Waals surface area contributed by atoms with Crippen molar-refractivity contribution in [3.8, 4) is 0 Å². The topological polar surface area (TPSA) is 15.3 Å². The van der Waals surface area contributed by atoms with E-state index in [2.05, 4.69) is 56.2 Å². The lowest BCUT2D eigenvalue weighted by Gasteiger charge is -2.18. The number of nitrogens with one attached hydrogen (secondary N) is 1. The predicted molar refractivity (Wildman–Crippen MR) is 70.8 cm³/mol. The fourth-order valence-corrected chi connectivity index (χ4v) is 1.79. The fourth-order valence-electron chi connectivity index (χ4n) is 1.79. The van der Waals surface area contributed by atoms with E-state index in [-0.39, 0.29) is 0 Å². The van der Waals surface area contributed by atoms with E-state index in [1.54, 1.807) is 0 Å². The van der Waals surface area contributed by atoms with E-state index in [4.69, 9.17) is 0 Å². The van der Waals surface area contributed by atoms with E-state index >= 15 is 0 Å². The third-order valence-corrected chi connectivity index (χ3v) is 2.87. The first-order valence-electron chi connectivity index (χ1n) is 6.09. The number of aryl methyl sites for hydroxylation is 2. The minimum absolute atomic E-state index is 1.04. The molecule has 1 rings (SSSR count). The molecule has 0 saturated heterocycles. The molecule has 0 atom stereocenters. The maximum Gasteiger partial charge on any atom is 0.0233 e. The normalized spacial score (nSPS) is 11.1. The van der Waals surface area contributed by atoms with E-state index < -0.39 is 0 Å². The molecule has 2 heteroatoms. The summed E-state index contributed by atoms with van der Waals surface area (Å²) in [6.07, 6.45) is 0. The SMILES string of the molecule is CCNCCN(C)Cc1cc(C)ccc1C. The summed E-state index contributed by atoms with van der Waals surface area (Å²) < 4.78 is 0. The van der Waals surface area contributed by atoms with Crippen LogP contribution in [0.2, 0.25) is 0 Å². The lowest BCUT2D eigenvalue weighted by atomic mass is 10.1. The van der Waals surface area contributed by atoms with Gasteiger partial charge in [-0.2, -0.15) is 0 Å². The van der Waals surface area contributed by atoms with Gasteiger partial charge in [0.2, 0.25) is 0 Å². The number of rotatable bonds is 6. The number of likely N-dealkylation sites (N-methyl/N-ethyl adjacent to an activating group) is 2. The van der Waals surface area contributed by atoms with Crippen LogP contribution in [0.25, 0.3) is 0 Å². The highest BCUT2D eigenvalue weighted by atomic mass is 15.1. The Hall–Kier alpha value is -0.860. The molecule has 0 heterocycles. The number of benzene rings is 1. The van der Waals surface area contributed by atoms with Gasteiger partial charge in [0.15, 0.2) is 0 Å². The third kappa shape index (κ3) is 4.33. The van der Waals surface area contributed by atoms with Crippen molar-refractivity contribution >= 4 is 0 Å². The molecule has 0 amide bonds. The molecule has 0 unspecified atom stereocenters. The summed E-state index contributed by atoms with van der Waals surface area (Å²) in [5.41, 5.74) is 4.18. The molecule has 1 N–H and O–H groups in total. The van der Waals surface area contributed by atoms with E-state index in [0.717, 1.165) is 26.2 Å². The van der Waals surface area contributed by atoms with E-state index in [1.807, 2.05) is 0 Å². The number of nitrogens with zero attached hydrogens (tertiary/aromatic N) is 1. The van der Waals surface area contributed by atoms with Crippen LogP contribution in [-0.2, 0) is 6.54 Å². The maximum absolute atomic E-state index is 3.35. The molecule has 1 aromatic rings. The minimum atomic E-state index is 1.04. The summed E-state index contributed by atoms with van der Waals surface area (Å²) in [5, 5.41) is 3.35. The van der Waals surface area contributed by atoms with Crippen molar-refractivity contribution in [3.05, 3.63) is 34.9 Å². The minimum Gasteiger partial charge on any atom is -0.316 e. The molecule has 0 aromatic heterocycles. The molecule has 0 aliphatic heterocycles. The van der Waals surface area contributed by atoms with Gasteiger partial charge in [-0.15, -0.1) is 0 Å². The summed E-state index contributed by atoms with van der Waals surface area (Å²) in [6.45, 7) is 10.7. The van der Waals surface area contributed by atoms with Crippen molar-refractivity contribution in [3.63, 3.8) is 0 Å². The van der Waals surface area contributed by atoms with Gasteiger partial charge >= 0.3 is 0 Å². The van der Waals surface area contributed by atoms with Crippen LogP contribution in [0.4, 0.5) is 0 Å². The van der Waals surface area contributed by atoms with Gasteiger partial charge in [0.05, 0.1) is 0 Å². The van der Waals surface area contributed by atoms with Gasteiger partial charge in [-0.3, -0.25) is 0 Å². The Morgan fingerprint density at radius 3 is 2.69 bits per heavy atom. The van der Waals surface area contributed by atoms with Crippen molar-refractivity contribution in [1.29, 1.82) is 0 Å². The zero-order valence-electron chi connectivity index (χ0n) is 11.0. The van der Waals surface area contributed by atoms with E-state index in [9.17, 15) is 0 Å². The van der Waals surface area contributed by atoms with Crippen LogP contribution in [0.1, 0.15) is 23.6 Å². The molecule has 1 aromatic carbocycles. The standard InChI is InChI=1S/C14H24N2/c1-5-15-8-9-16(4)11-14-10-12(2)6-7-13(14)3/h6-7,10,15H,5,8-9,11H2,1-4H3. The zero-order valence-corrected chi connectivity index (χ0v) is 11.0. The Labute approximate surface area is 99.7 Å². The van der Waals surface area contributed by atoms with E-state index in [1.165, 1.54) is 16.7 Å². The molecule has 90 valence electrons. The first kappa shape index (κ1) is 13.2. The Morgan fingerprint density at radius 2 is 2.00 bits per heavy atom. The maximum atomic E-state index is 3.35. The molecular formula is C14H24N2. The average molecular weight is 220 g/mol. The van der Waals surface area contributed by atoms with Crippen LogP contribution in [-0.4, -0.2) is 31.6 Å². The summed E-state index contributed by atoms with van der Waals surface area (Å²) >= 11 is 0. The van der Waals surface area contributed by atoms with Crippen LogP contribution in [0, 0.1) is 13.8 Å². The second kappa shape index (κ2) is 6.66. The Kier molecular flexibility index (Phi) is 5.50. The van der Waals surface area contributed by atoms with Crippen LogP contribution in [0.3, 0.4) is 0 Å². The molecule has 2 nitrogen and oxygen atoms in total. The zero-order chi connectivity index (χ0) is 12.0. The first-order valence-corrected chi connectivity index (χ1v) is 6.09. The van der Waals surface area contributed by atoms with Gasteiger partial charge in [0.25, 0.3) is 0 Å². The summed E-state index contributed by atoms with van der Waals surface area (Å²) in [5.74, 6) is 0. The first-order chi connectivity index (χ1) is 7.63. The van der Waals surface area contributed by atoms with Gasteiger partial charge in [0.1, 0.15) is 0 Å². The van der Waals surface area contributed by atoms with Crippen LogP contribution >= 0.6 is 0 Å². The second-order valence-electron chi connectivity index (χ2n) is 4.52. The quantitative estimate of drug-likeness (QED) is 0.740. The predicted octanol–water partition coefficient (Wildman–Crippen LogP) is 2.34. The Morgan fingerprint density at radius 1 is 1.25 bits per heavy atom. The second-order valence-corrected chi connectivity index (χ2v) is 4.52. The van der Waals surface area contributed by atoms with Gasteiger partial charge in [0, 0.05) is 19.6 Å². The molecule has 0 spiro atoms. The van der Waals surface area contributed by atoms with Crippen molar-refractivity contribution in [1.82, 2.24) is 10.2 Å². The van der Waals surface area contributed by atoms with Crippen molar-refractivity contribution < 1.29 is 0 Å². The van der Waals surface area contributed by atoms with E-state index in [0.29, 0.717) is 0 Å². The lowest BCUT2D eigenvalue weighted by Crippen LogP contribution is -2.29. The third-order valence-electron chi connectivity index (χ3n) is 2.87. The molecule has 0 aliphatic carbocycles. The van der Waals surface area contributed by atoms with Gasteiger partial charge in [-0.25, -0.2) is 0 Å². The Bertz CT molecular complexity index is 321. The van der Waals surface area contributed by atoms with Crippen LogP contribution in [0.5, 0.6) is 0 Å². The molecule has 16 heavy (non-hydrogen) atoms. The number of hydrogen-bond acceptors (Lipinski definition) is 2. The highest BCUT2D eigenvalue weighted by molar-refractivity contribution is 5.30. The van der Waals surface area contributed by atoms with Gasteiger partial charge in [-0.1, -0.05) is 30.7 Å². The monoisotopic (exact) mass is 220 g/mol. The molecule has 0 fully saturated rings. The molecule has 0 aliphatic rings. The van der Waals surface area contributed by atoms with Crippen molar-refractivity contribution in [2.24, 2.45) is 0 Å². The smallest absolute Gasteiger partial charge is 0.0233 e. The largest absolute Gasteiger partial charge is 0.316 e.